The number of carbonyl (C=O) groups is 1. The Morgan fingerprint density at radius 2 is 1.89 bits per heavy atom. The molecule has 1 atom stereocenters. The zero-order valence-electron chi connectivity index (χ0n) is 16.0. The van der Waals surface area contributed by atoms with Crippen molar-refractivity contribution in [2.75, 3.05) is 44.6 Å². The molecular formula is C22H27ClN4O. The summed E-state index contributed by atoms with van der Waals surface area (Å²) >= 11 is 5.90. The Bertz CT molecular complexity index is 804. The Morgan fingerprint density at radius 3 is 2.68 bits per heavy atom. The highest BCUT2D eigenvalue weighted by Gasteiger charge is 2.28. The molecule has 1 unspecified atom stereocenters. The van der Waals surface area contributed by atoms with E-state index < -0.39 is 0 Å². The van der Waals surface area contributed by atoms with Gasteiger partial charge >= 0.3 is 0 Å². The summed E-state index contributed by atoms with van der Waals surface area (Å²) in [6.07, 6.45) is 1.24. The van der Waals surface area contributed by atoms with Crippen molar-refractivity contribution in [3.63, 3.8) is 0 Å². The maximum Gasteiger partial charge on any atom is 0.255 e. The molecule has 0 aromatic heterocycles. The molecule has 4 rings (SSSR count). The minimum atomic E-state index is -0.117. The number of halogens is 1. The van der Waals surface area contributed by atoms with Crippen molar-refractivity contribution in [3.05, 3.63) is 64.7 Å². The number of benzene rings is 2. The van der Waals surface area contributed by atoms with Crippen LogP contribution in [0.25, 0.3) is 0 Å². The van der Waals surface area contributed by atoms with E-state index in [1.807, 2.05) is 12.1 Å². The van der Waals surface area contributed by atoms with E-state index in [1.165, 1.54) is 12.0 Å². The van der Waals surface area contributed by atoms with Crippen molar-refractivity contribution in [2.24, 2.45) is 0 Å². The summed E-state index contributed by atoms with van der Waals surface area (Å²) in [5.74, 6) is -0.117. The first-order valence-corrected chi connectivity index (χ1v) is 10.4. The molecule has 0 saturated carbocycles. The molecule has 2 heterocycles. The zero-order chi connectivity index (χ0) is 19.3. The normalized spacial score (nSPS) is 21.0. The van der Waals surface area contributed by atoms with Crippen LogP contribution in [0.2, 0.25) is 5.02 Å². The Hall–Kier alpha value is -1.92. The molecule has 2 aliphatic heterocycles. The van der Waals surface area contributed by atoms with Crippen LogP contribution in [0.3, 0.4) is 0 Å². The Morgan fingerprint density at radius 1 is 1.11 bits per heavy atom. The molecule has 148 valence electrons. The van der Waals surface area contributed by atoms with Crippen LogP contribution in [0.5, 0.6) is 0 Å². The number of rotatable bonds is 5. The number of carbonyl (C=O) groups excluding carboxylic acids is 1. The third-order valence-corrected chi connectivity index (χ3v) is 5.86. The summed E-state index contributed by atoms with van der Waals surface area (Å²) in [5, 5.41) is 7.04. The van der Waals surface area contributed by atoms with E-state index in [0.717, 1.165) is 51.5 Å². The number of piperazine rings is 1. The molecule has 5 nitrogen and oxygen atoms in total. The van der Waals surface area contributed by atoms with Gasteiger partial charge in [-0.1, -0.05) is 23.7 Å². The number of nitrogens with one attached hydrogen (secondary N) is 2. The fraction of sp³-hybridized carbons (Fsp3) is 0.409. The van der Waals surface area contributed by atoms with E-state index in [2.05, 4.69) is 32.6 Å². The maximum absolute atomic E-state index is 12.4. The molecule has 2 saturated heterocycles. The largest absolute Gasteiger partial charge is 0.322 e. The van der Waals surface area contributed by atoms with Crippen molar-refractivity contribution < 1.29 is 4.79 Å². The molecule has 0 spiro atoms. The monoisotopic (exact) mass is 398 g/mol. The third kappa shape index (κ3) is 4.92. The van der Waals surface area contributed by atoms with Gasteiger partial charge in [0.05, 0.1) is 0 Å². The molecule has 0 bridgehead atoms. The van der Waals surface area contributed by atoms with Gasteiger partial charge in [0.1, 0.15) is 0 Å². The summed E-state index contributed by atoms with van der Waals surface area (Å²) in [5.41, 5.74) is 2.67. The van der Waals surface area contributed by atoms with E-state index in [1.54, 1.807) is 24.3 Å². The van der Waals surface area contributed by atoms with Gasteiger partial charge in [-0.15, -0.1) is 0 Å². The van der Waals surface area contributed by atoms with Crippen LogP contribution in [0.15, 0.2) is 48.5 Å². The average molecular weight is 399 g/mol. The molecule has 1 amide bonds. The zero-order valence-corrected chi connectivity index (χ0v) is 16.8. The lowest BCUT2D eigenvalue weighted by Crippen LogP contribution is -2.49. The van der Waals surface area contributed by atoms with Gasteiger partial charge in [0, 0.05) is 68.1 Å². The smallest absolute Gasteiger partial charge is 0.255 e. The summed E-state index contributed by atoms with van der Waals surface area (Å²) in [6, 6.07) is 15.8. The van der Waals surface area contributed by atoms with Crippen LogP contribution in [-0.4, -0.2) is 61.0 Å². The number of hydrogen-bond donors (Lipinski definition) is 2. The minimum Gasteiger partial charge on any atom is -0.322 e. The Labute approximate surface area is 171 Å². The van der Waals surface area contributed by atoms with Crippen molar-refractivity contribution >= 4 is 23.2 Å². The van der Waals surface area contributed by atoms with E-state index in [-0.39, 0.29) is 5.91 Å². The summed E-state index contributed by atoms with van der Waals surface area (Å²) in [7, 11) is 0. The fourth-order valence-electron chi connectivity index (χ4n) is 4.11. The topological polar surface area (TPSA) is 47.6 Å². The van der Waals surface area contributed by atoms with Gasteiger partial charge < -0.3 is 10.6 Å². The van der Waals surface area contributed by atoms with Crippen molar-refractivity contribution in [3.8, 4) is 0 Å². The van der Waals surface area contributed by atoms with Gasteiger partial charge in [-0.05, 0) is 48.4 Å². The molecule has 6 heteroatoms. The van der Waals surface area contributed by atoms with E-state index in [4.69, 9.17) is 11.6 Å². The quantitative estimate of drug-likeness (QED) is 0.812. The number of nitrogens with zero attached hydrogens (tertiary/aromatic N) is 2. The first-order chi connectivity index (χ1) is 13.7. The van der Waals surface area contributed by atoms with E-state index >= 15 is 0 Å². The highest BCUT2D eigenvalue weighted by atomic mass is 35.5. The number of amides is 1. The Balaban J connectivity index is 1.33. The van der Waals surface area contributed by atoms with Crippen LogP contribution < -0.4 is 10.6 Å². The first-order valence-electron chi connectivity index (χ1n) is 10.0. The van der Waals surface area contributed by atoms with Gasteiger partial charge in [0.15, 0.2) is 0 Å². The van der Waals surface area contributed by atoms with Gasteiger partial charge in [-0.2, -0.15) is 0 Å². The molecule has 2 aliphatic rings. The van der Waals surface area contributed by atoms with E-state index in [9.17, 15) is 4.79 Å². The highest BCUT2D eigenvalue weighted by molar-refractivity contribution is 6.30. The van der Waals surface area contributed by atoms with Crippen molar-refractivity contribution in [2.45, 2.75) is 19.0 Å². The second-order valence-corrected chi connectivity index (χ2v) is 8.06. The van der Waals surface area contributed by atoms with Crippen LogP contribution in [0.1, 0.15) is 22.3 Å². The lowest BCUT2D eigenvalue weighted by molar-refractivity contribution is 0.102. The number of likely N-dealkylation sites (tertiary alicyclic amines) is 1. The van der Waals surface area contributed by atoms with Crippen LogP contribution >= 0.6 is 11.6 Å². The molecule has 2 N–H and O–H groups in total. The van der Waals surface area contributed by atoms with Gasteiger partial charge in [-0.3, -0.25) is 14.6 Å². The minimum absolute atomic E-state index is 0.117. The average Bonchev–Trinajstić information content (AvgIpc) is 3.18. The Kier molecular flexibility index (Phi) is 6.27. The van der Waals surface area contributed by atoms with Crippen LogP contribution in [-0.2, 0) is 6.54 Å². The summed E-state index contributed by atoms with van der Waals surface area (Å²) in [6.45, 7) is 7.71. The molecular weight excluding hydrogens is 372 g/mol. The maximum atomic E-state index is 12.4. The SMILES string of the molecule is O=C(Nc1cccc(CN2CCC(N3CCNCC3)C2)c1)c1ccc(Cl)cc1. The van der Waals surface area contributed by atoms with Crippen LogP contribution in [0.4, 0.5) is 5.69 Å². The summed E-state index contributed by atoms with van der Waals surface area (Å²) < 4.78 is 0. The fourth-order valence-corrected chi connectivity index (χ4v) is 4.24. The number of anilines is 1. The first kappa shape index (κ1) is 19.4. The van der Waals surface area contributed by atoms with Gasteiger partial charge in [0.25, 0.3) is 5.91 Å². The molecule has 2 aromatic carbocycles. The molecule has 0 aliphatic carbocycles. The molecule has 2 fully saturated rings. The third-order valence-electron chi connectivity index (χ3n) is 5.61. The standard InChI is InChI=1S/C22H27ClN4O/c23-19-6-4-18(5-7-19)22(28)25-20-3-1-2-17(14-20)15-26-11-8-21(16-26)27-12-9-24-10-13-27/h1-7,14,21,24H,8-13,15-16H2,(H,25,28). The lowest BCUT2D eigenvalue weighted by Gasteiger charge is -2.32. The van der Waals surface area contributed by atoms with Crippen molar-refractivity contribution in [1.82, 2.24) is 15.1 Å². The predicted molar refractivity (Wildman–Crippen MR) is 114 cm³/mol. The molecule has 0 radical (unpaired) electrons. The van der Waals surface area contributed by atoms with Gasteiger partial charge in [-0.25, -0.2) is 0 Å². The van der Waals surface area contributed by atoms with Crippen LogP contribution in [0, 0.1) is 0 Å². The van der Waals surface area contributed by atoms with Crippen molar-refractivity contribution in [1.29, 1.82) is 0 Å². The second-order valence-electron chi connectivity index (χ2n) is 7.62. The molecule has 2 aromatic rings. The number of hydrogen-bond acceptors (Lipinski definition) is 4. The van der Waals surface area contributed by atoms with E-state index in [0.29, 0.717) is 16.6 Å². The molecule has 28 heavy (non-hydrogen) atoms. The lowest BCUT2D eigenvalue weighted by atomic mass is 10.1. The summed E-state index contributed by atoms with van der Waals surface area (Å²) in [4.78, 5) is 17.6. The van der Waals surface area contributed by atoms with Gasteiger partial charge in [0.2, 0.25) is 0 Å². The predicted octanol–water partition coefficient (Wildman–Crippen LogP) is 3.07. The second kappa shape index (κ2) is 9.05. The highest BCUT2D eigenvalue weighted by Crippen LogP contribution is 2.20.